The molecule has 1 heterocycles. The van der Waals surface area contributed by atoms with Crippen molar-refractivity contribution < 1.29 is 9.53 Å². The molecule has 0 saturated heterocycles. The van der Waals surface area contributed by atoms with Gasteiger partial charge in [0.1, 0.15) is 5.76 Å². The molecule has 0 amide bonds. The summed E-state index contributed by atoms with van der Waals surface area (Å²) >= 11 is 5.49. The summed E-state index contributed by atoms with van der Waals surface area (Å²) in [5, 5.41) is 0. The zero-order chi connectivity index (χ0) is 8.97. The Morgan fingerprint density at radius 2 is 2.42 bits per heavy atom. The van der Waals surface area contributed by atoms with Crippen LogP contribution >= 0.6 is 11.6 Å². The molecule has 0 atom stereocenters. The molecule has 66 valence electrons. The van der Waals surface area contributed by atoms with Crippen molar-refractivity contribution in [3.05, 3.63) is 23.5 Å². The number of unbranched alkanes of at least 4 members (excludes halogenated alkanes) is 1. The molecule has 0 saturated carbocycles. The number of halogens is 1. The summed E-state index contributed by atoms with van der Waals surface area (Å²) in [6, 6.07) is 0. The van der Waals surface area contributed by atoms with Crippen molar-refractivity contribution in [1.29, 1.82) is 0 Å². The number of ether oxygens (including phenoxy) is 1. The lowest BCUT2D eigenvalue weighted by molar-refractivity contribution is -0.133. The highest BCUT2D eigenvalue weighted by atomic mass is 35.5. The highest BCUT2D eigenvalue weighted by Gasteiger charge is 2.15. The van der Waals surface area contributed by atoms with Crippen LogP contribution in [0.2, 0.25) is 0 Å². The van der Waals surface area contributed by atoms with Crippen molar-refractivity contribution >= 4 is 17.6 Å². The van der Waals surface area contributed by atoms with E-state index in [2.05, 4.69) is 0 Å². The number of esters is 1. The largest absolute Gasteiger partial charge is 0.424 e. The smallest absolute Gasteiger partial charge is 0.339 e. The minimum Gasteiger partial charge on any atom is -0.424 e. The van der Waals surface area contributed by atoms with E-state index in [1.54, 1.807) is 13.0 Å². The summed E-state index contributed by atoms with van der Waals surface area (Å²) < 4.78 is 4.91. The third kappa shape index (κ3) is 2.38. The minimum atomic E-state index is -0.243. The van der Waals surface area contributed by atoms with Gasteiger partial charge in [-0.25, -0.2) is 4.79 Å². The molecule has 3 heteroatoms. The summed E-state index contributed by atoms with van der Waals surface area (Å²) in [5.41, 5.74) is 0.659. The van der Waals surface area contributed by atoms with Gasteiger partial charge in [-0.05, 0) is 31.9 Å². The first-order valence-electron chi connectivity index (χ1n) is 3.90. The summed E-state index contributed by atoms with van der Waals surface area (Å²) in [6.45, 7) is 1.74. The number of carbonyl (C=O) groups excluding carboxylic acids is 1. The molecule has 0 bridgehead atoms. The lowest BCUT2D eigenvalue weighted by atomic mass is 10.2. The maximum Gasteiger partial charge on any atom is 0.339 e. The van der Waals surface area contributed by atoms with Gasteiger partial charge in [0.25, 0.3) is 0 Å². The first-order chi connectivity index (χ1) is 5.74. The Kier molecular flexibility index (Phi) is 3.35. The number of cyclic esters (lactones) is 1. The molecule has 2 nitrogen and oxygen atoms in total. The molecule has 0 N–H and O–H groups in total. The Morgan fingerprint density at radius 1 is 1.67 bits per heavy atom. The summed E-state index contributed by atoms with van der Waals surface area (Å²) in [6.07, 6.45) is 5.40. The van der Waals surface area contributed by atoms with Crippen LogP contribution in [0.25, 0.3) is 0 Å². The van der Waals surface area contributed by atoms with Gasteiger partial charge in [0.15, 0.2) is 0 Å². The molecule has 0 aliphatic carbocycles. The van der Waals surface area contributed by atoms with Crippen LogP contribution < -0.4 is 0 Å². The first-order valence-corrected chi connectivity index (χ1v) is 4.44. The normalized spacial score (nSPS) is 19.7. The van der Waals surface area contributed by atoms with Gasteiger partial charge in [0.05, 0.1) is 0 Å². The third-order valence-corrected chi connectivity index (χ3v) is 1.84. The molecule has 0 fully saturated rings. The molecule has 12 heavy (non-hydrogen) atoms. The van der Waals surface area contributed by atoms with Crippen molar-refractivity contribution in [3.8, 4) is 0 Å². The molecule has 1 aliphatic rings. The Morgan fingerprint density at radius 3 is 2.92 bits per heavy atom. The summed E-state index contributed by atoms with van der Waals surface area (Å²) in [7, 11) is 0. The molecule has 0 aromatic carbocycles. The highest BCUT2D eigenvalue weighted by Crippen LogP contribution is 2.16. The summed E-state index contributed by atoms with van der Waals surface area (Å²) in [4.78, 5) is 10.9. The monoisotopic (exact) mass is 186 g/mol. The van der Waals surface area contributed by atoms with Crippen LogP contribution in [0.3, 0.4) is 0 Å². The second kappa shape index (κ2) is 4.31. The lowest BCUT2D eigenvalue weighted by Crippen LogP contribution is -1.94. The summed E-state index contributed by atoms with van der Waals surface area (Å²) in [5.74, 6) is 1.05. The van der Waals surface area contributed by atoms with Gasteiger partial charge in [-0.3, -0.25) is 0 Å². The molecular weight excluding hydrogens is 176 g/mol. The Bertz CT molecular complexity index is 241. The van der Waals surface area contributed by atoms with Gasteiger partial charge in [-0.15, -0.1) is 11.6 Å². The number of carbonyl (C=O) groups is 1. The SMILES string of the molecule is CC1=C/C(=C\CCCCl)OC1=O. The molecular formula is C9H11ClO2. The Hall–Kier alpha value is -0.760. The number of rotatable bonds is 3. The van der Waals surface area contributed by atoms with E-state index in [9.17, 15) is 4.79 Å². The fourth-order valence-electron chi connectivity index (χ4n) is 0.911. The maximum atomic E-state index is 10.9. The van der Waals surface area contributed by atoms with Crippen molar-refractivity contribution in [1.82, 2.24) is 0 Å². The predicted octanol–water partition coefficient (Wildman–Crippen LogP) is 2.39. The average Bonchev–Trinajstić information content (AvgIpc) is 2.32. The lowest BCUT2D eigenvalue weighted by Gasteiger charge is -1.94. The van der Waals surface area contributed by atoms with Crippen molar-refractivity contribution in [3.63, 3.8) is 0 Å². The molecule has 0 aromatic rings. The fraction of sp³-hybridized carbons (Fsp3) is 0.444. The van der Waals surface area contributed by atoms with E-state index < -0.39 is 0 Å². The average molecular weight is 187 g/mol. The van der Waals surface area contributed by atoms with Crippen molar-refractivity contribution in [2.75, 3.05) is 5.88 Å². The standard InChI is InChI=1S/C9H11ClO2/c1-7-6-8(12-9(7)11)4-2-3-5-10/h4,6H,2-3,5H2,1H3/b8-4+. The molecule has 0 radical (unpaired) electrons. The zero-order valence-corrected chi connectivity index (χ0v) is 7.73. The van der Waals surface area contributed by atoms with Crippen molar-refractivity contribution in [2.24, 2.45) is 0 Å². The zero-order valence-electron chi connectivity index (χ0n) is 6.97. The molecule has 1 aliphatic heterocycles. The van der Waals surface area contributed by atoms with Gasteiger partial charge in [-0.1, -0.05) is 0 Å². The molecule has 0 spiro atoms. The van der Waals surface area contributed by atoms with E-state index in [-0.39, 0.29) is 5.97 Å². The molecule has 0 aromatic heterocycles. The fourth-order valence-corrected chi connectivity index (χ4v) is 1.07. The van der Waals surface area contributed by atoms with Crippen LogP contribution in [-0.2, 0) is 9.53 Å². The van der Waals surface area contributed by atoms with Crippen LogP contribution in [0.5, 0.6) is 0 Å². The Labute approximate surface area is 76.9 Å². The number of hydrogen-bond acceptors (Lipinski definition) is 2. The van der Waals surface area contributed by atoms with Crippen molar-refractivity contribution in [2.45, 2.75) is 19.8 Å². The second-order valence-corrected chi connectivity index (χ2v) is 3.03. The number of hydrogen-bond donors (Lipinski definition) is 0. The third-order valence-electron chi connectivity index (χ3n) is 1.57. The van der Waals surface area contributed by atoms with E-state index in [4.69, 9.17) is 16.3 Å². The van der Waals surface area contributed by atoms with Gasteiger partial charge in [0, 0.05) is 11.5 Å². The predicted molar refractivity (Wildman–Crippen MR) is 47.9 cm³/mol. The first kappa shape index (κ1) is 9.33. The van der Waals surface area contributed by atoms with Crippen LogP contribution in [0.15, 0.2) is 23.5 Å². The van der Waals surface area contributed by atoms with Crippen LogP contribution in [0.1, 0.15) is 19.8 Å². The van der Waals surface area contributed by atoms with Crippen LogP contribution in [0, 0.1) is 0 Å². The van der Waals surface area contributed by atoms with Gasteiger partial charge in [0.2, 0.25) is 0 Å². The van der Waals surface area contributed by atoms with E-state index in [0.29, 0.717) is 17.2 Å². The Balaban J connectivity index is 2.46. The van der Waals surface area contributed by atoms with Gasteiger partial charge in [-0.2, -0.15) is 0 Å². The van der Waals surface area contributed by atoms with Gasteiger partial charge >= 0.3 is 5.97 Å². The van der Waals surface area contributed by atoms with E-state index in [1.165, 1.54) is 0 Å². The maximum absolute atomic E-state index is 10.9. The number of alkyl halides is 1. The minimum absolute atomic E-state index is 0.243. The molecule has 0 unspecified atom stereocenters. The molecule has 1 rings (SSSR count). The quantitative estimate of drug-likeness (QED) is 0.384. The van der Waals surface area contributed by atoms with E-state index >= 15 is 0 Å². The topological polar surface area (TPSA) is 26.3 Å². The number of allylic oxidation sites excluding steroid dienone is 2. The van der Waals surface area contributed by atoms with Crippen LogP contribution in [-0.4, -0.2) is 11.8 Å². The van der Waals surface area contributed by atoms with E-state index in [0.717, 1.165) is 12.8 Å². The van der Waals surface area contributed by atoms with Gasteiger partial charge < -0.3 is 4.74 Å². The van der Waals surface area contributed by atoms with Crippen LogP contribution in [0.4, 0.5) is 0 Å². The highest BCUT2D eigenvalue weighted by molar-refractivity contribution is 6.17. The van der Waals surface area contributed by atoms with E-state index in [1.807, 2.05) is 6.08 Å². The second-order valence-electron chi connectivity index (χ2n) is 2.65.